The summed E-state index contributed by atoms with van der Waals surface area (Å²) in [6.45, 7) is 7.02. The topological polar surface area (TPSA) is 21.3 Å². The third kappa shape index (κ3) is 4.61. The molecule has 1 N–H and O–H groups in total. The molecule has 0 aliphatic heterocycles. The lowest BCUT2D eigenvalue weighted by Crippen LogP contribution is -2.21. The van der Waals surface area contributed by atoms with Crippen LogP contribution in [0, 0.1) is 0 Å². The number of nitrogens with one attached hydrogen (secondary N) is 1. The smallest absolute Gasteiger partial charge is 0.118 e. The molecule has 0 saturated carbocycles. The van der Waals surface area contributed by atoms with Gasteiger partial charge < -0.3 is 10.1 Å². The number of allylic oxidation sites excluding steroid dienone is 1. The summed E-state index contributed by atoms with van der Waals surface area (Å²) in [7, 11) is 1.69. The van der Waals surface area contributed by atoms with Gasteiger partial charge in [0, 0.05) is 6.04 Å². The molecule has 0 aliphatic rings. The highest BCUT2D eigenvalue weighted by Gasteiger charge is 2.09. The van der Waals surface area contributed by atoms with Gasteiger partial charge in [0.25, 0.3) is 0 Å². The van der Waals surface area contributed by atoms with Crippen molar-refractivity contribution in [1.82, 2.24) is 5.32 Å². The summed E-state index contributed by atoms with van der Waals surface area (Å²) in [5.41, 5.74) is 1.32. The van der Waals surface area contributed by atoms with Crippen LogP contribution >= 0.6 is 0 Å². The highest BCUT2D eigenvalue weighted by Crippen LogP contribution is 2.21. The molecule has 0 spiro atoms. The number of methoxy groups -OCH3 is 1. The zero-order valence-electron chi connectivity index (χ0n) is 10.9. The summed E-state index contributed by atoms with van der Waals surface area (Å²) in [5.74, 6) is 0.909. The molecule has 0 heterocycles. The maximum absolute atomic E-state index is 5.17. The van der Waals surface area contributed by atoms with Gasteiger partial charge in [-0.1, -0.05) is 25.1 Å². The Hall–Kier alpha value is -1.28. The molecule has 1 atom stereocenters. The van der Waals surface area contributed by atoms with E-state index in [2.05, 4.69) is 31.0 Å². The molecule has 0 aromatic heterocycles. The molecule has 0 amide bonds. The van der Waals surface area contributed by atoms with Gasteiger partial charge in [0.15, 0.2) is 0 Å². The molecule has 2 nitrogen and oxygen atoms in total. The predicted molar refractivity (Wildman–Crippen MR) is 73.5 cm³/mol. The Balaban J connectivity index is 2.68. The average Bonchev–Trinajstić information content (AvgIpc) is 2.39. The monoisotopic (exact) mass is 233 g/mol. The second-order valence-electron chi connectivity index (χ2n) is 4.15. The molecular formula is C15H23NO. The fourth-order valence-electron chi connectivity index (χ4n) is 1.83. The Morgan fingerprint density at radius 1 is 1.35 bits per heavy atom. The van der Waals surface area contributed by atoms with Crippen LogP contribution in [0.3, 0.4) is 0 Å². The summed E-state index contributed by atoms with van der Waals surface area (Å²) in [6.07, 6.45) is 5.26. The molecule has 0 fully saturated rings. The fraction of sp³-hybridized carbons (Fsp3) is 0.467. The molecule has 94 valence electrons. The highest BCUT2D eigenvalue weighted by atomic mass is 16.5. The largest absolute Gasteiger partial charge is 0.497 e. The Bertz CT molecular complexity index is 318. The molecule has 1 rings (SSSR count). The van der Waals surface area contributed by atoms with Crippen molar-refractivity contribution in [2.24, 2.45) is 0 Å². The maximum Gasteiger partial charge on any atom is 0.118 e. The summed E-state index contributed by atoms with van der Waals surface area (Å²) < 4.78 is 5.17. The Kier molecular flexibility index (Phi) is 6.41. The Morgan fingerprint density at radius 3 is 2.59 bits per heavy atom. The summed E-state index contributed by atoms with van der Waals surface area (Å²) in [6, 6.07) is 8.72. The average molecular weight is 233 g/mol. The lowest BCUT2D eigenvalue weighted by Gasteiger charge is -2.18. The van der Waals surface area contributed by atoms with Crippen LogP contribution < -0.4 is 10.1 Å². The van der Waals surface area contributed by atoms with Crippen LogP contribution in [0.25, 0.3) is 0 Å². The van der Waals surface area contributed by atoms with Gasteiger partial charge in [-0.05, 0) is 43.5 Å². The lowest BCUT2D eigenvalue weighted by atomic mass is 10.0. The van der Waals surface area contributed by atoms with Crippen molar-refractivity contribution in [2.45, 2.75) is 32.2 Å². The van der Waals surface area contributed by atoms with Crippen molar-refractivity contribution >= 4 is 0 Å². The summed E-state index contributed by atoms with van der Waals surface area (Å²) in [5, 5.41) is 3.57. The van der Waals surface area contributed by atoms with Gasteiger partial charge in [-0.25, -0.2) is 0 Å². The molecule has 1 unspecified atom stereocenters. The van der Waals surface area contributed by atoms with Crippen LogP contribution in [-0.4, -0.2) is 13.7 Å². The van der Waals surface area contributed by atoms with E-state index in [9.17, 15) is 0 Å². The minimum absolute atomic E-state index is 0.416. The van der Waals surface area contributed by atoms with Gasteiger partial charge in [0.05, 0.1) is 7.11 Å². The minimum Gasteiger partial charge on any atom is -0.497 e. The molecular weight excluding hydrogens is 210 g/mol. The van der Waals surface area contributed by atoms with E-state index in [0.29, 0.717) is 6.04 Å². The Labute approximate surface area is 105 Å². The SMILES string of the molecule is C=CCCC(NCCC)c1ccc(OC)cc1. The molecule has 1 aromatic rings. The first-order valence-electron chi connectivity index (χ1n) is 6.30. The van der Waals surface area contributed by atoms with E-state index in [1.807, 2.05) is 18.2 Å². The van der Waals surface area contributed by atoms with Gasteiger partial charge in [0.1, 0.15) is 5.75 Å². The van der Waals surface area contributed by atoms with Crippen LogP contribution in [0.15, 0.2) is 36.9 Å². The first kappa shape index (κ1) is 13.8. The molecule has 0 bridgehead atoms. The van der Waals surface area contributed by atoms with Gasteiger partial charge in [-0.15, -0.1) is 6.58 Å². The highest BCUT2D eigenvalue weighted by molar-refractivity contribution is 5.29. The van der Waals surface area contributed by atoms with Crippen LogP contribution in [0.5, 0.6) is 5.75 Å². The van der Waals surface area contributed by atoms with E-state index in [0.717, 1.165) is 31.6 Å². The normalized spacial score (nSPS) is 12.1. The third-order valence-corrected chi connectivity index (χ3v) is 2.82. The second kappa shape index (κ2) is 7.91. The molecule has 2 heteroatoms. The van der Waals surface area contributed by atoms with E-state index in [4.69, 9.17) is 4.74 Å². The van der Waals surface area contributed by atoms with E-state index in [1.54, 1.807) is 7.11 Å². The van der Waals surface area contributed by atoms with Gasteiger partial charge in [-0.2, -0.15) is 0 Å². The van der Waals surface area contributed by atoms with E-state index in [-0.39, 0.29) is 0 Å². The fourth-order valence-corrected chi connectivity index (χ4v) is 1.83. The molecule has 1 aromatic carbocycles. The maximum atomic E-state index is 5.17. The van der Waals surface area contributed by atoms with Crippen molar-refractivity contribution in [2.75, 3.05) is 13.7 Å². The molecule has 0 radical (unpaired) electrons. The van der Waals surface area contributed by atoms with Gasteiger partial charge in [-0.3, -0.25) is 0 Å². The summed E-state index contributed by atoms with van der Waals surface area (Å²) in [4.78, 5) is 0. The first-order chi connectivity index (χ1) is 8.31. The van der Waals surface area contributed by atoms with Crippen molar-refractivity contribution in [3.63, 3.8) is 0 Å². The van der Waals surface area contributed by atoms with E-state index < -0.39 is 0 Å². The lowest BCUT2D eigenvalue weighted by molar-refractivity contribution is 0.414. The van der Waals surface area contributed by atoms with Crippen LogP contribution in [-0.2, 0) is 0 Å². The van der Waals surface area contributed by atoms with Crippen molar-refractivity contribution < 1.29 is 4.74 Å². The molecule has 17 heavy (non-hydrogen) atoms. The van der Waals surface area contributed by atoms with Gasteiger partial charge >= 0.3 is 0 Å². The van der Waals surface area contributed by atoms with Crippen LogP contribution in [0.1, 0.15) is 37.8 Å². The zero-order valence-corrected chi connectivity index (χ0v) is 10.9. The van der Waals surface area contributed by atoms with Crippen molar-refractivity contribution in [3.05, 3.63) is 42.5 Å². The van der Waals surface area contributed by atoms with E-state index in [1.165, 1.54) is 5.56 Å². The number of benzene rings is 1. The number of rotatable bonds is 8. The summed E-state index contributed by atoms with van der Waals surface area (Å²) >= 11 is 0. The predicted octanol–water partition coefficient (Wildman–Crippen LogP) is 3.70. The van der Waals surface area contributed by atoms with Crippen molar-refractivity contribution in [1.29, 1.82) is 0 Å². The Morgan fingerprint density at radius 2 is 2.06 bits per heavy atom. The number of hydrogen-bond donors (Lipinski definition) is 1. The number of ether oxygens (including phenoxy) is 1. The number of hydrogen-bond acceptors (Lipinski definition) is 2. The zero-order chi connectivity index (χ0) is 12.5. The molecule has 0 aliphatic carbocycles. The van der Waals surface area contributed by atoms with Crippen LogP contribution in [0.4, 0.5) is 0 Å². The van der Waals surface area contributed by atoms with Gasteiger partial charge in [0.2, 0.25) is 0 Å². The van der Waals surface area contributed by atoms with Crippen molar-refractivity contribution in [3.8, 4) is 5.75 Å². The van der Waals surface area contributed by atoms with E-state index >= 15 is 0 Å². The quantitative estimate of drug-likeness (QED) is 0.691. The minimum atomic E-state index is 0.416. The standard InChI is InChI=1S/C15H23NO/c1-4-6-7-15(16-12-5-2)13-8-10-14(17-3)11-9-13/h4,8-11,15-16H,1,5-7,12H2,2-3H3. The first-order valence-corrected chi connectivity index (χ1v) is 6.30. The second-order valence-corrected chi connectivity index (χ2v) is 4.15. The molecule has 0 saturated heterocycles. The third-order valence-electron chi connectivity index (χ3n) is 2.82. The van der Waals surface area contributed by atoms with Crippen LogP contribution in [0.2, 0.25) is 0 Å².